The highest BCUT2D eigenvalue weighted by Gasteiger charge is 2.53. The summed E-state index contributed by atoms with van der Waals surface area (Å²) in [6, 6.07) is 12.5. The Kier molecular flexibility index (Phi) is 18.3. The van der Waals surface area contributed by atoms with E-state index >= 15 is 0 Å². The number of aromatic nitrogens is 1. The fourth-order valence-electron chi connectivity index (χ4n) is 9.26. The number of nitrogens with zero attached hydrogens (tertiary/aromatic N) is 2. The fraction of sp³-hybridized carbons (Fsp3) is 0.566. The third kappa shape index (κ3) is 14.2. The monoisotopic (exact) mass is 956 g/mol. The van der Waals surface area contributed by atoms with Crippen LogP contribution in [0.5, 0.6) is 5.75 Å². The second kappa shape index (κ2) is 23.9. The van der Waals surface area contributed by atoms with Gasteiger partial charge in [-0.25, -0.2) is 9.78 Å². The molecule has 4 heterocycles. The number of carbonyl (C=O) groups is 6. The summed E-state index contributed by atoms with van der Waals surface area (Å²) in [6.45, 7) is 13.3. The van der Waals surface area contributed by atoms with Crippen LogP contribution in [-0.2, 0) is 49.5 Å². The molecule has 0 bridgehead atoms. The zero-order valence-electron chi connectivity index (χ0n) is 40.2. The maximum absolute atomic E-state index is 14.5. The number of thiazole rings is 1. The number of aryl methyl sites for hydroxylation is 1. The first-order valence-electron chi connectivity index (χ1n) is 24.2. The number of ether oxygens (including phenoxy) is 5. The summed E-state index contributed by atoms with van der Waals surface area (Å²) in [5.41, 5.74) is 0.333. The number of esters is 2. The van der Waals surface area contributed by atoms with Crippen LogP contribution in [0.25, 0.3) is 10.2 Å². The minimum Gasteiger partial charge on any atom is -0.457 e. The summed E-state index contributed by atoms with van der Waals surface area (Å²) < 4.78 is 30.5. The number of allylic oxidation sites excluding steroid dienone is 1. The van der Waals surface area contributed by atoms with Gasteiger partial charge in [0, 0.05) is 31.5 Å². The number of unbranched alkanes of at least 4 members (excludes halogenated alkanes) is 7. The highest BCUT2D eigenvalue weighted by atomic mass is 32.1. The molecule has 0 unspecified atom stereocenters. The Labute approximate surface area is 403 Å². The van der Waals surface area contributed by atoms with E-state index in [1.807, 2.05) is 39.0 Å². The first-order chi connectivity index (χ1) is 32.5. The van der Waals surface area contributed by atoms with Gasteiger partial charge < -0.3 is 28.8 Å². The topological polar surface area (TPSA) is 188 Å². The van der Waals surface area contributed by atoms with Crippen LogP contribution in [0.1, 0.15) is 146 Å². The predicted molar refractivity (Wildman–Crippen MR) is 256 cm³/mol. The molecule has 3 aliphatic rings. The molecule has 0 spiro atoms. The van der Waals surface area contributed by atoms with Gasteiger partial charge in [-0.3, -0.25) is 28.9 Å². The molecule has 2 fully saturated rings. The Morgan fingerprint density at radius 2 is 1.63 bits per heavy atom. The number of epoxide rings is 1. The second-order valence-corrected chi connectivity index (χ2v) is 20.6. The number of aliphatic hydroxyl groups is 1. The molecule has 368 valence electrons. The van der Waals surface area contributed by atoms with Crippen LogP contribution in [0.4, 0.5) is 4.79 Å². The first kappa shape index (κ1) is 52.1. The number of hydrogen-bond acceptors (Lipinski definition) is 14. The van der Waals surface area contributed by atoms with E-state index in [0.717, 1.165) is 65.7 Å². The van der Waals surface area contributed by atoms with Crippen molar-refractivity contribution in [2.24, 2.45) is 17.3 Å². The maximum Gasteiger partial charge on any atom is 0.508 e. The van der Waals surface area contributed by atoms with Gasteiger partial charge in [-0.2, -0.15) is 0 Å². The van der Waals surface area contributed by atoms with Gasteiger partial charge in [0.25, 0.3) is 11.8 Å². The number of benzene rings is 2. The fourth-order valence-corrected chi connectivity index (χ4v) is 10.1. The molecule has 15 heteroatoms. The summed E-state index contributed by atoms with van der Waals surface area (Å²) in [4.78, 5) is 83.3. The minimum absolute atomic E-state index is 0.134. The van der Waals surface area contributed by atoms with E-state index in [0.29, 0.717) is 56.4 Å². The largest absolute Gasteiger partial charge is 0.508 e. The van der Waals surface area contributed by atoms with Gasteiger partial charge in [0.1, 0.15) is 30.3 Å². The molecule has 2 saturated heterocycles. The van der Waals surface area contributed by atoms with Crippen molar-refractivity contribution in [3.8, 4) is 5.75 Å². The van der Waals surface area contributed by atoms with Crippen molar-refractivity contribution in [3.05, 3.63) is 83.4 Å². The van der Waals surface area contributed by atoms with E-state index in [-0.39, 0.29) is 48.6 Å². The van der Waals surface area contributed by atoms with Crippen LogP contribution in [0.2, 0.25) is 0 Å². The number of carbonyl (C=O) groups excluding carboxylic acids is 6. The van der Waals surface area contributed by atoms with Crippen molar-refractivity contribution < 1.29 is 57.6 Å². The Morgan fingerprint density at radius 3 is 2.32 bits per heavy atom. The van der Waals surface area contributed by atoms with Gasteiger partial charge in [0.2, 0.25) is 0 Å². The molecule has 0 radical (unpaired) electrons. The number of amides is 2. The van der Waals surface area contributed by atoms with E-state index in [4.69, 9.17) is 23.7 Å². The lowest BCUT2D eigenvalue weighted by Crippen LogP contribution is -2.47. The molecule has 68 heavy (non-hydrogen) atoms. The van der Waals surface area contributed by atoms with Gasteiger partial charge in [0.05, 0.1) is 50.8 Å². The summed E-state index contributed by atoms with van der Waals surface area (Å²) in [7, 11) is 0. The number of imide groups is 1. The quantitative estimate of drug-likeness (QED) is 0.0317. The molecule has 0 aliphatic carbocycles. The Bertz CT molecular complexity index is 2290. The molecule has 6 rings (SSSR count). The van der Waals surface area contributed by atoms with E-state index in [1.165, 1.54) is 17.1 Å². The van der Waals surface area contributed by atoms with Gasteiger partial charge in [-0.1, -0.05) is 90.0 Å². The van der Waals surface area contributed by atoms with Crippen molar-refractivity contribution in [1.29, 1.82) is 0 Å². The molecular weight excluding hydrogens is 889 g/mol. The van der Waals surface area contributed by atoms with Gasteiger partial charge in [-0.15, -0.1) is 17.9 Å². The second-order valence-electron chi connectivity index (χ2n) is 19.4. The number of Topliss-reactive ketones (excluding diaryl/α,β-unsaturated/α-hetero) is 1. The molecule has 2 amide bonds. The van der Waals surface area contributed by atoms with Crippen molar-refractivity contribution >= 4 is 57.2 Å². The molecule has 0 saturated carbocycles. The third-order valence-electron chi connectivity index (χ3n) is 13.7. The van der Waals surface area contributed by atoms with Crippen LogP contribution in [0.3, 0.4) is 0 Å². The van der Waals surface area contributed by atoms with E-state index in [1.54, 1.807) is 55.5 Å². The number of ketones is 1. The predicted octanol–water partition coefficient (Wildman–Crippen LogP) is 10.2. The third-order valence-corrected chi connectivity index (χ3v) is 14.6. The van der Waals surface area contributed by atoms with Crippen molar-refractivity contribution in [3.63, 3.8) is 0 Å². The molecule has 7 atom stereocenters. The first-order valence-corrected chi connectivity index (χ1v) is 25.0. The molecule has 1 N–H and O–H groups in total. The molecule has 14 nitrogen and oxygen atoms in total. The van der Waals surface area contributed by atoms with Gasteiger partial charge in [-0.05, 0) is 87.3 Å². The van der Waals surface area contributed by atoms with Gasteiger partial charge >= 0.3 is 18.1 Å². The average molecular weight is 957 g/mol. The van der Waals surface area contributed by atoms with E-state index in [2.05, 4.69) is 11.6 Å². The molecule has 3 aromatic rings. The van der Waals surface area contributed by atoms with Crippen LogP contribution >= 0.6 is 11.3 Å². The van der Waals surface area contributed by atoms with Crippen LogP contribution in [-0.4, -0.2) is 81.1 Å². The highest BCUT2D eigenvalue weighted by Crippen LogP contribution is 2.47. The highest BCUT2D eigenvalue weighted by molar-refractivity contribution is 7.18. The minimum atomic E-state index is -1.44. The zero-order chi connectivity index (χ0) is 49.0. The summed E-state index contributed by atoms with van der Waals surface area (Å²) in [5, 5.41) is 12.5. The number of fused-ring (bicyclic) bond motifs is 2. The van der Waals surface area contributed by atoms with Crippen LogP contribution < -0.4 is 4.74 Å². The lowest BCUT2D eigenvalue weighted by atomic mass is 9.71. The van der Waals surface area contributed by atoms with Crippen molar-refractivity contribution in [2.75, 3.05) is 6.54 Å². The standard InChI is InChI=1S/C53H68N2O12S/c1-7-17-39-49(66-51(62)63-33-36-20-23-38(24-21-36)64-47(59)19-14-12-10-8-9-11-13-15-29-55-45(57)26-27-46(55)58)34(2)18-16-28-53(6)44(67-53)31-41(37-22-25-42-40(30-37)54-35(3)68-42)65-48(60)32-43(56)52(4,5)50(39)61/h7,20-27,30,34,39,41,43-44,49,56H,1,8-19,28-29,31-33H2,2-6H3/t34-,39+,41-,43-,44+,49-,53-/m0/s1. The van der Waals surface area contributed by atoms with Crippen molar-refractivity contribution in [2.45, 2.75) is 168 Å². The summed E-state index contributed by atoms with van der Waals surface area (Å²) >= 11 is 1.59. The summed E-state index contributed by atoms with van der Waals surface area (Å²) in [5.74, 6) is -2.67. The molecular formula is C53H68N2O12S. The smallest absolute Gasteiger partial charge is 0.457 e. The number of rotatable bonds is 18. The number of cyclic esters (lactones) is 1. The molecule has 3 aliphatic heterocycles. The van der Waals surface area contributed by atoms with Gasteiger partial charge in [0.15, 0.2) is 0 Å². The lowest BCUT2D eigenvalue weighted by molar-refractivity contribution is -0.157. The molecule has 2 aromatic carbocycles. The van der Waals surface area contributed by atoms with Crippen LogP contribution in [0.15, 0.2) is 67.3 Å². The maximum atomic E-state index is 14.5. The van der Waals surface area contributed by atoms with E-state index in [9.17, 15) is 33.9 Å². The summed E-state index contributed by atoms with van der Waals surface area (Å²) in [6.07, 6.45) is 10.0. The van der Waals surface area contributed by atoms with E-state index < -0.39 is 53.8 Å². The zero-order valence-corrected chi connectivity index (χ0v) is 41.0. The number of aliphatic hydroxyl groups excluding tert-OH is 1. The average Bonchev–Trinajstić information content (AvgIpc) is 3.58. The lowest BCUT2D eigenvalue weighted by Gasteiger charge is -2.37. The Morgan fingerprint density at radius 1 is 0.956 bits per heavy atom. The normalized spacial score (nSPS) is 25.5. The SMILES string of the molecule is C=CC[C@H]1C(=O)C(C)(C)[C@@H](O)CC(=O)O[C@H](c2ccc3sc(C)nc3c2)C[C@H]2O[C@@]2(C)CCC[C@H](C)[C@@H]1OC(=O)OCc1ccc(OC(=O)CCCCCCCCCCN2C(=O)C=CC2=O)cc1. The molecule has 1 aromatic heterocycles. The number of hydrogen-bond donors (Lipinski definition) is 1. The van der Waals surface area contributed by atoms with Crippen molar-refractivity contribution in [1.82, 2.24) is 9.88 Å². The Balaban J connectivity index is 0.984. The van der Waals surface area contributed by atoms with Crippen LogP contribution in [0, 0.1) is 24.2 Å². The Hall–Kier alpha value is -5.25.